The summed E-state index contributed by atoms with van der Waals surface area (Å²) in [5.41, 5.74) is 2.65. The van der Waals surface area contributed by atoms with Crippen molar-refractivity contribution in [3.63, 3.8) is 0 Å². The lowest BCUT2D eigenvalue weighted by atomic mass is 9.97. The van der Waals surface area contributed by atoms with Crippen molar-refractivity contribution >= 4 is 5.69 Å². The van der Waals surface area contributed by atoms with Gasteiger partial charge < -0.3 is 10.2 Å². The van der Waals surface area contributed by atoms with E-state index in [1.54, 1.807) is 0 Å². The molecule has 2 nitrogen and oxygen atoms in total. The monoisotopic (exact) mass is 218 g/mol. The van der Waals surface area contributed by atoms with Gasteiger partial charge in [0.15, 0.2) is 0 Å². The minimum absolute atomic E-state index is 0.784. The van der Waals surface area contributed by atoms with Crippen LogP contribution in [0.1, 0.15) is 12.5 Å². The first kappa shape index (κ1) is 11.5. The summed E-state index contributed by atoms with van der Waals surface area (Å²) in [5, 5.41) is 3.46. The molecule has 1 aliphatic heterocycles. The van der Waals surface area contributed by atoms with Crippen molar-refractivity contribution in [3.8, 4) is 0 Å². The van der Waals surface area contributed by atoms with Gasteiger partial charge in [0, 0.05) is 19.3 Å². The second kappa shape index (κ2) is 4.88. The number of hydrogen-bond acceptors (Lipinski definition) is 2. The Balaban J connectivity index is 1.97. The van der Waals surface area contributed by atoms with Crippen molar-refractivity contribution in [1.82, 2.24) is 5.32 Å². The molecule has 0 radical (unpaired) electrons. The van der Waals surface area contributed by atoms with Crippen molar-refractivity contribution in [2.45, 2.75) is 13.8 Å². The number of nitrogens with zero attached hydrogens (tertiary/aromatic N) is 1. The predicted molar refractivity (Wildman–Crippen MR) is 70.0 cm³/mol. The van der Waals surface area contributed by atoms with Gasteiger partial charge in [0.1, 0.15) is 0 Å². The van der Waals surface area contributed by atoms with Crippen molar-refractivity contribution < 1.29 is 0 Å². The first-order valence-corrected chi connectivity index (χ1v) is 6.15. The van der Waals surface area contributed by atoms with Gasteiger partial charge in [-0.05, 0) is 44.0 Å². The Bertz CT molecular complexity index is 331. The second-order valence-electron chi connectivity index (χ2n) is 5.11. The SMILES string of the molecule is Cc1ccc(N(C)C[C@@H]2CNC[C@H]2C)cc1. The maximum absolute atomic E-state index is 3.46. The van der Waals surface area contributed by atoms with E-state index in [-0.39, 0.29) is 0 Å². The molecular weight excluding hydrogens is 196 g/mol. The molecule has 1 heterocycles. The third kappa shape index (κ3) is 2.56. The second-order valence-corrected chi connectivity index (χ2v) is 5.11. The van der Waals surface area contributed by atoms with Crippen molar-refractivity contribution in [3.05, 3.63) is 29.8 Å². The largest absolute Gasteiger partial charge is 0.374 e. The lowest BCUT2D eigenvalue weighted by Crippen LogP contribution is -2.29. The average Bonchev–Trinajstić information content (AvgIpc) is 2.65. The third-order valence-corrected chi connectivity index (χ3v) is 3.66. The van der Waals surface area contributed by atoms with Gasteiger partial charge in [-0.2, -0.15) is 0 Å². The Morgan fingerprint density at radius 2 is 1.94 bits per heavy atom. The molecule has 1 fully saturated rings. The molecule has 0 bridgehead atoms. The molecule has 0 amide bonds. The number of hydrogen-bond donors (Lipinski definition) is 1. The number of anilines is 1. The van der Waals surface area contributed by atoms with Crippen LogP contribution >= 0.6 is 0 Å². The fraction of sp³-hybridized carbons (Fsp3) is 0.571. The average molecular weight is 218 g/mol. The van der Waals surface area contributed by atoms with Gasteiger partial charge in [0.25, 0.3) is 0 Å². The Morgan fingerprint density at radius 3 is 2.50 bits per heavy atom. The summed E-state index contributed by atoms with van der Waals surface area (Å²) >= 11 is 0. The van der Waals surface area contributed by atoms with E-state index >= 15 is 0 Å². The van der Waals surface area contributed by atoms with Crippen LogP contribution in [0.25, 0.3) is 0 Å². The van der Waals surface area contributed by atoms with Crippen LogP contribution in [0.4, 0.5) is 5.69 Å². The van der Waals surface area contributed by atoms with Gasteiger partial charge in [-0.25, -0.2) is 0 Å². The molecule has 1 saturated heterocycles. The van der Waals surface area contributed by atoms with Gasteiger partial charge in [0.2, 0.25) is 0 Å². The molecule has 88 valence electrons. The van der Waals surface area contributed by atoms with Crippen molar-refractivity contribution in [2.24, 2.45) is 11.8 Å². The van der Waals surface area contributed by atoms with Crippen LogP contribution in [0, 0.1) is 18.8 Å². The molecule has 2 heteroatoms. The highest BCUT2D eigenvalue weighted by atomic mass is 15.1. The third-order valence-electron chi connectivity index (χ3n) is 3.66. The molecule has 0 spiro atoms. The minimum Gasteiger partial charge on any atom is -0.374 e. The zero-order valence-corrected chi connectivity index (χ0v) is 10.5. The summed E-state index contributed by atoms with van der Waals surface area (Å²) < 4.78 is 0. The maximum Gasteiger partial charge on any atom is 0.0363 e. The quantitative estimate of drug-likeness (QED) is 0.837. The highest BCUT2D eigenvalue weighted by Gasteiger charge is 2.24. The number of nitrogens with one attached hydrogen (secondary N) is 1. The summed E-state index contributed by atoms with van der Waals surface area (Å²) in [7, 11) is 2.19. The molecule has 1 aliphatic rings. The topological polar surface area (TPSA) is 15.3 Å². The highest BCUT2D eigenvalue weighted by molar-refractivity contribution is 5.46. The molecular formula is C14H22N2. The summed E-state index contributed by atoms with van der Waals surface area (Å²) in [4.78, 5) is 2.37. The Kier molecular flexibility index (Phi) is 3.49. The van der Waals surface area contributed by atoms with Crippen molar-refractivity contribution in [1.29, 1.82) is 0 Å². The van der Waals surface area contributed by atoms with Crippen LogP contribution < -0.4 is 10.2 Å². The summed E-state index contributed by atoms with van der Waals surface area (Å²) in [6.45, 7) is 7.96. The van der Waals surface area contributed by atoms with E-state index in [0.717, 1.165) is 24.9 Å². The minimum atomic E-state index is 0.784. The molecule has 1 aromatic rings. The maximum atomic E-state index is 3.46. The van der Waals surface area contributed by atoms with E-state index in [0.29, 0.717) is 0 Å². The summed E-state index contributed by atoms with van der Waals surface area (Å²) in [5.74, 6) is 1.58. The van der Waals surface area contributed by atoms with E-state index in [9.17, 15) is 0 Å². The molecule has 0 unspecified atom stereocenters. The van der Waals surface area contributed by atoms with Crippen LogP contribution in [-0.2, 0) is 0 Å². The van der Waals surface area contributed by atoms with Gasteiger partial charge in [-0.1, -0.05) is 24.6 Å². The Morgan fingerprint density at radius 1 is 1.25 bits per heavy atom. The Labute approximate surface area is 98.7 Å². The van der Waals surface area contributed by atoms with E-state index < -0.39 is 0 Å². The molecule has 0 saturated carbocycles. The highest BCUT2D eigenvalue weighted by Crippen LogP contribution is 2.20. The van der Waals surface area contributed by atoms with Crippen LogP contribution in [0.3, 0.4) is 0 Å². The first-order valence-electron chi connectivity index (χ1n) is 6.15. The zero-order valence-electron chi connectivity index (χ0n) is 10.5. The van der Waals surface area contributed by atoms with Crippen LogP contribution in [0.2, 0.25) is 0 Å². The Hall–Kier alpha value is -1.02. The molecule has 1 N–H and O–H groups in total. The van der Waals surface area contributed by atoms with E-state index in [1.807, 2.05) is 0 Å². The van der Waals surface area contributed by atoms with E-state index in [2.05, 4.69) is 55.4 Å². The van der Waals surface area contributed by atoms with Gasteiger partial charge in [-0.3, -0.25) is 0 Å². The lowest BCUT2D eigenvalue weighted by molar-refractivity contribution is 0.455. The molecule has 16 heavy (non-hydrogen) atoms. The molecule has 0 aliphatic carbocycles. The van der Waals surface area contributed by atoms with E-state index in [4.69, 9.17) is 0 Å². The predicted octanol–water partition coefficient (Wildman–Crippen LogP) is 2.29. The van der Waals surface area contributed by atoms with Gasteiger partial charge >= 0.3 is 0 Å². The molecule has 1 aromatic carbocycles. The van der Waals surface area contributed by atoms with Crippen LogP contribution in [0.5, 0.6) is 0 Å². The standard InChI is InChI=1S/C14H22N2/c1-11-4-6-14(7-5-11)16(3)10-13-9-15-8-12(13)2/h4-7,12-13,15H,8-10H2,1-3H3/t12-,13+/m1/s1. The van der Waals surface area contributed by atoms with E-state index in [1.165, 1.54) is 17.8 Å². The van der Waals surface area contributed by atoms with Crippen LogP contribution in [0.15, 0.2) is 24.3 Å². The summed E-state index contributed by atoms with van der Waals surface area (Å²) in [6.07, 6.45) is 0. The molecule has 0 aromatic heterocycles. The molecule has 2 atom stereocenters. The van der Waals surface area contributed by atoms with Crippen molar-refractivity contribution in [2.75, 3.05) is 31.6 Å². The number of benzene rings is 1. The first-order chi connectivity index (χ1) is 7.66. The summed E-state index contributed by atoms with van der Waals surface area (Å²) in [6, 6.07) is 8.79. The lowest BCUT2D eigenvalue weighted by Gasteiger charge is -2.25. The number of rotatable bonds is 3. The smallest absolute Gasteiger partial charge is 0.0363 e. The fourth-order valence-electron chi connectivity index (χ4n) is 2.37. The zero-order chi connectivity index (χ0) is 11.5. The normalized spacial score (nSPS) is 24.7. The number of aryl methyl sites for hydroxylation is 1. The molecule has 2 rings (SSSR count). The van der Waals surface area contributed by atoms with Crippen LogP contribution in [-0.4, -0.2) is 26.7 Å². The fourth-order valence-corrected chi connectivity index (χ4v) is 2.37. The van der Waals surface area contributed by atoms with Gasteiger partial charge in [0.05, 0.1) is 0 Å². The van der Waals surface area contributed by atoms with Gasteiger partial charge in [-0.15, -0.1) is 0 Å².